The number of amides is 1. The van der Waals surface area contributed by atoms with Gasteiger partial charge in [-0.1, -0.05) is 0 Å². The van der Waals surface area contributed by atoms with Gasteiger partial charge in [0, 0.05) is 12.3 Å². The van der Waals surface area contributed by atoms with E-state index >= 15 is 0 Å². The zero-order valence-electron chi connectivity index (χ0n) is 11.9. The van der Waals surface area contributed by atoms with Gasteiger partial charge in [-0.25, -0.2) is 9.97 Å². The standard InChI is InChI=1S/C14H12F3N3O3/c1-22-11-5-4-9(7-19-11)20-12(21)10-3-2-6-18-13(10)23-8-14(15,16)17/h2-7H,8H2,1H3,(H,20,21). The molecule has 2 aromatic rings. The van der Waals surface area contributed by atoms with Gasteiger partial charge in [0.2, 0.25) is 11.8 Å². The van der Waals surface area contributed by atoms with Gasteiger partial charge in [-0.3, -0.25) is 4.79 Å². The summed E-state index contributed by atoms with van der Waals surface area (Å²) in [4.78, 5) is 19.7. The predicted octanol–water partition coefficient (Wildman–Crippen LogP) is 2.68. The molecule has 9 heteroatoms. The van der Waals surface area contributed by atoms with Crippen LogP contribution in [0.4, 0.5) is 18.9 Å². The SMILES string of the molecule is COc1ccc(NC(=O)c2cccnc2OCC(F)(F)F)cn1. The number of alkyl halides is 3. The topological polar surface area (TPSA) is 73.3 Å². The van der Waals surface area contributed by atoms with Crippen molar-refractivity contribution in [2.24, 2.45) is 0 Å². The van der Waals surface area contributed by atoms with Gasteiger partial charge >= 0.3 is 6.18 Å². The number of nitrogens with zero attached hydrogens (tertiary/aromatic N) is 2. The number of hydrogen-bond acceptors (Lipinski definition) is 5. The third-order valence-electron chi connectivity index (χ3n) is 2.59. The second-order valence-electron chi connectivity index (χ2n) is 4.30. The lowest BCUT2D eigenvalue weighted by molar-refractivity contribution is -0.154. The third-order valence-corrected chi connectivity index (χ3v) is 2.59. The molecule has 6 nitrogen and oxygen atoms in total. The summed E-state index contributed by atoms with van der Waals surface area (Å²) in [5.74, 6) is -0.704. The molecule has 0 aromatic carbocycles. The van der Waals surface area contributed by atoms with Crippen LogP contribution in [0.25, 0.3) is 0 Å². The first-order valence-corrected chi connectivity index (χ1v) is 6.35. The maximum Gasteiger partial charge on any atom is 0.422 e. The summed E-state index contributed by atoms with van der Waals surface area (Å²) < 4.78 is 46.1. The van der Waals surface area contributed by atoms with E-state index in [1.54, 1.807) is 0 Å². The second-order valence-corrected chi connectivity index (χ2v) is 4.30. The second kappa shape index (κ2) is 6.95. The molecule has 0 aliphatic carbocycles. The van der Waals surface area contributed by atoms with Gasteiger partial charge in [0.05, 0.1) is 19.0 Å². The molecule has 0 atom stereocenters. The number of anilines is 1. The van der Waals surface area contributed by atoms with E-state index in [0.717, 1.165) is 0 Å². The van der Waals surface area contributed by atoms with Gasteiger partial charge in [0.15, 0.2) is 6.61 Å². The van der Waals surface area contributed by atoms with Gasteiger partial charge in [-0.15, -0.1) is 0 Å². The Labute approximate surface area is 129 Å². The molecule has 0 radical (unpaired) electrons. The lowest BCUT2D eigenvalue weighted by atomic mass is 10.2. The molecule has 2 rings (SSSR count). The first kappa shape index (κ1) is 16.5. The van der Waals surface area contributed by atoms with E-state index in [0.29, 0.717) is 11.6 Å². The van der Waals surface area contributed by atoms with Crippen LogP contribution >= 0.6 is 0 Å². The minimum Gasteiger partial charge on any atom is -0.481 e. The Kier molecular flexibility index (Phi) is 4.99. The lowest BCUT2D eigenvalue weighted by Crippen LogP contribution is -2.22. The molecule has 122 valence electrons. The van der Waals surface area contributed by atoms with Crippen LogP contribution in [0.2, 0.25) is 0 Å². The Morgan fingerprint density at radius 3 is 2.65 bits per heavy atom. The van der Waals surface area contributed by atoms with Crippen molar-refractivity contribution in [3.05, 3.63) is 42.2 Å². The number of aromatic nitrogens is 2. The van der Waals surface area contributed by atoms with E-state index in [4.69, 9.17) is 4.74 Å². The van der Waals surface area contributed by atoms with Crippen LogP contribution in [0.5, 0.6) is 11.8 Å². The zero-order chi connectivity index (χ0) is 16.9. The summed E-state index contributed by atoms with van der Waals surface area (Å²) in [6, 6.07) is 5.79. The summed E-state index contributed by atoms with van der Waals surface area (Å²) in [6.07, 6.45) is -1.94. The fraction of sp³-hybridized carbons (Fsp3) is 0.214. The van der Waals surface area contributed by atoms with Crippen LogP contribution in [0.3, 0.4) is 0 Å². The molecule has 0 fully saturated rings. The Morgan fingerprint density at radius 2 is 2.04 bits per heavy atom. The van der Waals surface area contributed by atoms with Crippen molar-refractivity contribution >= 4 is 11.6 Å². The van der Waals surface area contributed by atoms with Gasteiger partial charge < -0.3 is 14.8 Å². The fourth-order valence-corrected chi connectivity index (χ4v) is 1.60. The predicted molar refractivity (Wildman–Crippen MR) is 74.5 cm³/mol. The number of halogens is 3. The molecule has 0 saturated carbocycles. The van der Waals surface area contributed by atoms with E-state index in [9.17, 15) is 18.0 Å². The van der Waals surface area contributed by atoms with Crippen LogP contribution in [0.15, 0.2) is 36.7 Å². The summed E-state index contributed by atoms with van der Waals surface area (Å²) in [6.45, 7) is -1.53. The molecule has 0 unspecified atom stereocenters. The number of pyridine rings is 2. The lowest BCUT2D eigenvalue weighted by Gasteiger charge is -2.12. The number of hydrogen-bond donors (Lipinski definition) is 1. The fourth-order valence-electron chi connectivity index (χ4n) is 1.60. The van der Waals surface area contributed by atoms with Crippen molar-refractivity contribution in [3.8, 4) is 11.8 Å². The molecule has 23 heavy (non-hydrogen) atoms. The van der Waals surface area contributed by atoms with Crippen molar-refractivity contribution in [2.75, 3.05) is 19.0 Å². The third kappa shape index (κ3) is 4.83. The van der Waals surface area contributed by atoms with Gasteiger partial charge in [-0.05, 0) is 18.2 Å². The minimum atomic E-state index is -4.52. The Hall–Kier alpha value is -2.84. The van der Waals surface area contributed by atoms with E-state index in [-0.39, 0.29) is 5.56 Å². The minimum absolute atomic E-state index is 0.118. The van der Waals surface area contributed by atoms with E-state index < -0.39 is 24.6 Å². The number of carbonyl (C=O) groups is 1. The smallest absolute Gasteiger partial charge is 0.422 e. The highest BCUT2D eigenvalue weighted by Crippen LogP contribution is 2.21. The first-order valence-electron chi connectivity index (χ1n) is 6.35. The normalized spacial score (nSPS) is 11.0. The Bertz CT molecular complexity index is 675. The van der Waals surface area contributed by atoms with Gasteiger partial charge in [-0.2, -0.15) is 13.2 Å². The number of carbonyl (C=O) groups excluding carboxylic acids is 1. The molecular formula is C14H12F3N3O3. The maximum atomic E-state index is 12.2. The molecule has 1 N–H and O–H groups in total. The van der Waals surface area contributed by atoms with Crippen molar-refractivity contribution in [2.45, 2.75) is 6.18 Å². The molecule has 0 bridgehead atoms. The van der Waals surface area contributed by atoms with Crippen molar-refractivity contribution < 1.29 is 27.4 Å². The van der Waals surface area contributed by atoms with Crippen LogP contribution in [0.1, 0.15) is 10.4 Å². The van der Waals surface area contributed by atoms with Crippen LogP contribution < -0.4 is 14.8 Å². The van der Waals surface area contributed by atoms with E-state index in [2.05, 4.69) is 20.0 Å². The van der Waals surface area contributed by atoms with E-state index in [1.807, 2.05) is 0 Å². The first-order chi connectivity index (χ1) is 10.9. The van der Waals surface area contributed by atoms with Gasteiger partial charge in [0.1, 0.15) is 5.56 Å². The highest BCUT2D eigenvalue weighted by molar-refractivity contribution is 6.05. The molecule has 0 spiro atoms. The van der Waals surface area contributed by atoms with Gasteiger partial charge in [0.25, 0.3) is 5.91 Å². The van der Waals surface area contributed by atoms with Crippen LogP contribution in [0, 0.1) is 0 Å². The summed E-state index contributed by atoms with van der Waals surface area (Å²) in [7, 11) is 1.44. The molecule has 2 aromatic heterocycles. The average Bonchev–Trinajstić information content (AvgIpc) is 2.53. The highest BCUT2D eigenvalue weighted by atomic mass is 19.4. The van der Waals surface area contributed by atoms with Crippen LogP contribution in [-0.2, 0) is 0 Å². The largest absolute Gasteiger partial charge is 0.481 e. The average molecular weight is 327 g/mol. The summed E-state index contributed by atoms with van der Waals surface area (Å²) in [5.41, 5.74) is 0.231. The summed E-state index contributed by atoms with van der Waals surface area (Å²) >= 11 is 0. The van der Waals surface area contributed by atoms with Crippen molar-refractivity contribution in [1.82, 2.24) is 9.97 Å². The van der Waals surface area contributed by atoms with Crippen LogP contribution in [-0.4, -0.2) is 35.8 Å². The van der Waals surface area contributed by atoms with E-state index in [1.165, 1.54) is 43.8 Å². The number of rotatable bonds is 5. The zero-order valence-corrected chi connectivity index (χ0v) is 11.9. The molecule has 0 aliphatic rings. The number of methoxy groups -OCH3 is 1. The maximum absolute atomic E-state index is 12.2. The molecule has 0 aliphatic heterocycles. The molecular weight excluding hydrogens is 315 g/mol. The number of nitrogens with one attached hydrogen (secondary N) is 1. The van der Waals surface area contributed by atoms with Crippen molar-refractivity contribution in [1.29, 1.82) is 0 Å². The monoisotopic (exact) mass is 327 g/mol. The quantitative estimate of drug-likeness (QED) is 0.914. The highest BCUT2D eigenvalue weighted by Gasteiger charge is 2.29. The number of ether oxygens (including phenoxy) is 2. The molecule has 1 amide bonds. The summed E-state index contributed by atoms with van der Waals surface area (Å²) in [5, 5.41) is 2.49. The molecule has 0 saturated heterocycles. The van der Waals surface area contributed by atoms with Crippen molar-refractivity contribution in [3.63, 3.8) is 0 Å². The Morgan fingerprint density at radius 1 is 1.26 bits per heavy atom. The molecule has 2 heterocycles. The Balaban J connectivity index is 2.12.